The minimum Gasteiger partial charge on any atom is -0.396 e. The standard InChI is InChI=1S/C19H24N4O3/c24-13-14-2-1-8-23(12-14)9-7-20-18(25)16-5-3-15(4-6-16)17-10-21-19(26)22-11-17/h3-6,10-11,14,24H,1-2,7-9,12-13H2,(H,20,25)(H,21,22,26). The van der Waals surface area contributed by atoms with E-state index in [9.17, 15) is 14.7 Å². The number of rotatable bonds is 6. The van der Waals surface area contributed by atoms with Crippen LogP contribution in [0.4, 0.5) is 0 Å². The van der Waals surface area contributed by atoms with Crippen LogP contribution in [0.3, 0.4) is 0 Å². The molecule has 3 rings (SSSR count). The van der Waals surface area contributed by atoms with Crippen LogP contribution in [-0.2, 0) is 0 Å². The van der Waals surface area contributed by atoms with Crippen molar-refractivity contribution in [1.29, 1.82) is 0 Å². The lowest BCUT2D eigenvalue weighted by Crippen LogP contribution is -2.41. The summed E-state index contributed by atoms with van der Waals surface area (Å²) in [6.07, 6.45) is 5.28. The topological polar surface area (TPSA) is 98.3 Å². The first-order chi connectivity index (χ1) is 12.7. The quantitative estimate of drug-likeness (QED) is 0.713. The molecule has 1 unspecified atom stereocenters. The average molecular weight is 356 g/mol. The van der Waals surface area contributed by atoms with E-state index >= 15 is 0 Å². The zero-order valence-corrected chi connectivity index (χ0v) is 14.6. The Hall–Kier alpha value is -2.51. The highest BCUT2D eigenvalue weighted by Crippen LogP contribution is 2.17. The molecule has 1 aromatic carbocycles. The molecular weight excluding hydrogens is 332 g/mol. The lowest BCUT2D eigenvalue weighted by molar-refractivity contribution is 0.0930. The van der Waals surface area contributed by atoms with E-state index in [2.05, 4.69) is 20.2 Å². The van der Waals surface area contributed by atoms with Crippen LogP contribution in [0.1, 0.15) is 23.2 Å². The lowest BCUT2D eigenvalue weighted by Gasteiger charge is -2.31. The largest absolute Gasteiger partial charge is 0.396 e. The smallest absolute Gasteiger partial charge is 0.344 e. The van der Waals surface area contributed by atoms with E-state index in [0.29, 0.717) is 18.0 Å². The van der Waals surface area contributed by atoms with Crippen molar-refractivity contribution >= 4 is 5.91 Å². The second-order valence-electron chi connectivity index (χ2n) is 6.63. The summed E-state index contributed by atoms with van der Waals surface area (Å²) in [6, 6.07) is 7.19. The van der Waals surface area contributed by atoms with E-state index in [-0.39, 0.29) is 18.2 Å². The van der Waals surface area contributed by atoms with Crippen molar-refractivity contribution in [2.45, 2.75) is 12.8 Å². The Kier molecular flexibility index (Phi) is 6.14. The summed E-state index contributed by atoms with van der Waals surface area (Å²) >= 11 is 0. The van der Waals surface area contributed by atoms with Crippen LogP contribution < -0.4 is 11.0 Å². The monoisotopic (exact) mass is 356 g/mol. The molecule has 7 heteroatoms. The van der Waals surface area contributed by atoms with Crippen molar-refractivity contribution in [2.24, 2.45) is 5.92 Å². The molecule has 0 saturated carbocycles. The van der Waals surface area contributed by atoms with Crippen LogP contribution in [0.25, 0.3) is 11.1 Å². The fourth-order valence-electron chi connectivity index (χ4n) is 3.25. The zero-order chi connectivity index (χ0) is 18.4. The maximum Gasteiger partial charge on any atom is 0.344 e. The molecule has 7 nitrogen and oxygen atoms in total. The van der Waals surface area contributed by atoms with Crippen LogP contribution in [0.2, 0.25) is 0 Å². The van der Waals surface area contributed by atoms with E-state index in [1.165, 1.54) is 6.20 Å². The Morgan fingerprint density at radius 2 is 2.12 bits per heavy atom. The first kappa shape index (κ1) is 18.3. The number of nitrogens with one attached hydrogen (secondary N) is 2. The fraction of sp³-hybridized carbons (Fsp3) is 0.421. The number of aliphatic hydroxyl groups is 1. The average Bonchev–Trinajstić information content (AvgIpc) is 2.69. The summed E-state index contributed by atoms with van der Waals surface area (Å²) in [7, 11) is 0. The molecule has 3 N–H and O–H groups in total. The Morgan fingerprint density at radius 3 is 2.81 bits per heavy atom. The third-order valence-electron chi connectivity index (χ3n) is 4.73. The number of hydrogen-bond donors (Lipinski definition) is 3. The van der Waals surface area contributed by atoms with Gasteiger partial charge in [0.15, 0.2) is 0 Å². The summed E-state index contributed by atoms with van der Waals surface area (Å²) in [5.41, 5.74) is 1.88. The number of nitrogens with zero attached hydrogens (tertiary/aromatic N) is 2. The highest BCUT2D eigenvalue weighted by molar-refractivity contribution is 5.94. The van der Waals surface area contributed by atoms with Crippen molar-refractivity contribution in [3.05, 3.63) is 52.7 Å². The zero-order valence-electron chi connectivity index (χ0n) is 14.6. The van der Waals surface area contributed by atoms with Crippen LogP contribution in [0, 0.1) is 5.92 Å². The SMILES string of the molecule is O=C(NCCN1CCCC(CO)C1)c1ccc(-c2cnc(=O)[nH]c2)cc1. The van der Waals surface area contributed by atoms with Gasteiger partial charge in [-0.05, 0) is 43.0 Å². The molecule has 2 heterocycles. The molecule has 26 heavy (non-hydrogen) atoms. The Labute approximate surface area is 152 Å². The molecule has 0 bridgehead atoms. The first-order valence-electron chi connectivity index (χ1n) is 8.92. The van der Waals surface area contributed by atoms with Gasteiger partial charge in [0, 0.05) is 49.8 Å². The van der Waals surface area contributed by atoms with Gasteiger partial charge in [0.2, 0.25) is 0 Å². The summed E-state index contributed by atoms with van der Waals surface area (Å²) in [6.45, 7) is 3.54. The number of H-pyrrole nitrogens is 1. The minimum atomic E-state index is -0.385. The van der Waals surface area contributed by atoms with Crippen molar-refractivity contribution in [1.82, 2.24) is 20.2 Å². The van der Waals surface area contributed by atoms with Gasteiger partial charge in [-0.15, -0.1) is 0 Å². The number of carbonyl (C=O) groups is 1. The predicted octanol–water partition coefficient (Wildman–Crippen LogP) is 0.871. The molecular formula is C19H24N4O3. The van der Waals surface area contributed by atoms with Crippen molar-refractivity contribution in [3.8, 4) is 11.1 Å². The normalized spacial score (nSPS) is 17.8. The van der Waals surface area contributed by atoms with Crippen LogP contribution in [-0.4, -0.2) is 58.7 Å². The van der Waals surface area contributed by atoms with E-state index in [1.807, 2.05) is 12.1 Å². The molecule has 1 aromatic heterocycles. The molecule has 1 aliphatic rings. The maximum absolute atomic E-state index is 12.3. The number of hydrogen-bond acceptors (Lipinski definition) is 5. The molecule has 2 aromatic rings. The van der Waals surface area contributed by atoms with Gasteiger partial charge < -0.3 is 20.3 Å². The molecule has 1 amide bonds. The second-order valence-corrected chi connectivity index (χ2v) is 6.63. The molecule has 0 radical (unpaired) electrons. The number of benzene rings is 1. The molecule has 1 aliphatic heterocycles. The van der Waals surface area contributed by atoms with E-state index in [0.717, 1.165) is 43.6 Å². The summed E-state index contributed by atoms with van der Waals surface area (Å²) in [4.78, 5) is 31.8. The van der Waals surface area contributed by atoms with Crippen LogP contribution >= 0.6 is 0 Å². The number of piperidine rings is 1. The maximum atomic E-state index is 12.3. The second kappa shape index (κ2) is 8.73. The number of likely N-dealkylation sites (tertiary alicyclic amines) is 1. The molecule has 138 valence electrons. The molecule has 0 aliphatic carbocycles. The third kappa shape index (κ3) is 4.77. The molecule has 1 fully saturated rings. The Bertz CT molecular complexity index is 768. The number of carbonyl (C=O) groups excluding carboxylic acids is 1. The number of aliphatic hydroxyl groups excluding tert-OH is 1. The van der Waals surface area contributed by atoms with Crippen LogP contribution in [0.15, 0.2) is 41.5 Å². The summed E-state index contributed by atoms with van der Waals surface area (Å²) in [5, 5.41) is 12.2. The highest BCUT2D eigenvalue weighted by atomic mass is 16.3. The van der Waals surface area contributed by atoms with E-state index < -0.39 is 0 Å². The highest BCUT2D eigenvalue weighted by Gasteiger charge is 2.18. The van der Waals surface area contributed by atoms with Gasteiger partial charge in [0.05, 0.1) is 0 Å². The van der Waals surface area contributed by atoms with Crippen molar-refractivity contribution < 1.29 is 9.90 Å². The van der Waals surface area contributed by atoms with Gasteiger partial charge in [0.25, 0.3) is 5.91 Å². The van der Waals surface area contributed by atoms with Gasteiger partial charge >= 0.3 is 5.69 Å². The number of aromatic amines is 1. The minimum absolute atomic E-state index is 0.105. The van der Waals surface area contributed by atoms with E-state index in [4.69, 9.17) is 0 Å². The van der Waals surface area contributed by atoms with E-state index in [1.54, 1.807) is 18.3 Å². The summed E-state index contributed by atoms with van der Waals surface area (Å²) in [5.74, 6) is 0.251. The van der Waals surface area contributed by atoms with Gasteiger partial charge in [0.1, 0.15) is 0 Å². The fourth-order valence-corrected chi connectivity index (χ4v) is 3.25. The third-order valence-corrected chi connectivity index (χ3v) is 4.73. The van der Waals surface area contributed by atoms with Gasteiger partial charge in [-0.3, -0.25) is 4.79 Å². The van der Waals surface area contributed by atoms with Gasteiger partial charge in [-0.1, -0.05) is 12.1 Å². The molecule has 1 saturated heterocycles. The molecule has 1 atom stereocenters. The van der Waals surface area contributed by atoms with Gasteiger partial charge in [-0.25, -0.2) is 9.78 Å². The lowest BCUT2D eigenvalue weighted by atomic mass is 9.99. The first-order valence-corrected chi connectivity index (χ1v) is 8.92. The van der Waals surface area contributed by atoms with Crippen LogP contribution in [0.5, 0.6) is 0 Å². The van der Waals surface area contributed by atoms with Crippen molar-refractivity contribution in [3.63, 3.8) is 0 Å². The molecule has 0 spiro atoms. The van der Waals surface area contributed by atoms with Gasteiger partial charge in [-0.2, -0.15) is 0 Å². The predicted molar refractivity (Wildman–Crippen MR) is 98.9 cm³/mol. The summed E-state index contributed by atoms with van der Waals surface area (Å²) < 4.78 is 0. The number of amides is 1. The Morgan fingerprint density at radius 1 is 1.31 bits per heavy atom. The Balaban J connectivity index is 1.50. The number of aromatic nitrogens is 2. The van der Waals surface area contributed by atoms with Crippen molar-refractivity contribution in [2.75, 3.05) is 32.8 Å².